The number of nitrogens with zero attached hydrogens (tertiary/aromatic N) is 4. The van der Waals surface area contributed by atoms with Gasteiger partial charge in [-0.25, -0.2) is 18.1 Å². The van der Waals surface area contributed by atoms with E-state index in [1.54, 1.807) is 27.0 Å². The van der Waals surface area contributed by atoms with Gasteiger partial charge >= 0.3 is 12.3 Å². The first-order valence-electron chi connectivity index (χ1n) is 12.4. The van der Waals surface area contributed by atoms with Gasteiger partial charge in [0.25, 0.3) is 11.5 Å². The Labute approximate surface area is 228 Å². The number of hydrogen-bond donors (Lipinski definition) is 0. The summed E-state index contributed by atoms with van der Waals surface area (Å²) in [6.45, 7) is 4.07. The van der Waals surface area contributed by atoms with Crippen molar-refractivity contribution in [2.75, 3.05) is 6.54 Å². The largest absolute Gasteiger partial charge is 0.444 e. The van der Waals surface area contributed by atoms with Crippen molar-refractivity contribution in [2.45, 2.75) is 74.0 Å². The van der Waals surface area contributed by atoms with Crippen molar-refractivity contribution in [1.29, 1.82) is 5.26 Å². The van der Waals surface area contributed by atoms with E-state index < -0.39 is 73.9 Å². The standard InChI is InChI=1S/C26H27F3N4O6S/c1-25(2,3)39-24(36)32-14-18(13-20(32)23(35)33(15-30)16-7-8-16)40(37,38)21-10-9-17(12-19(21)26(27,28)29)31-11-5-4-6-22(31)34/h4-6,9-12,16,18,20H,7-8,13-14H2,1-3H3/t18-,20+/m1/s1. The highest BCUT2D eigenvalue weighted by molar-refractivity contribution is 7.92. The molecule has 1 aliphatic carbocycles. The molecule has 1 aromatic heterocycles. The molecule has 1 saturated heterocycles. The van der Waals surface area contributed by atoms with Gasteiger partial charge in [-0.2, -0.15) is 18.4 Å². The molecule has 0 radical (unpaired) electrons. The average molecular weight is 581 g/mol. The van der Waals surface area contributed by atoms with E-state index in [4.69, 9.17) is 4.74 Å². The Morgan fingerprint density at radius 2 is 1.80 bits per heavy atom. The average Bonchev–Trinajstić information content (AvgIpc) is 3.58. The van der Waals surface area contributed by atoms with Gasteiger partial charge in [0.1, 0.15) is 11.6 Å². The predicted octanol–water partition coefficient (Wildman–Crippen LogP) is 3.48. The van der Waals surface area contributed by atoms with Gasteiger partial charge in [0, 0.05) is 30.5 Å². The molecule has 1 saturated carbocycles. The number of alkyl halides is 3. The Morgan fingerprint density at radius 3 is 2.35 bits per heavy atom. The number of aromatic nitrogens is 1. The third-order valence-electron chi connectivity index (χ3n) is 6.55. The highest BCUT2D eigenvalue weighted by Gasteiger charge is 2.51. The van der Waals surface area contributed by atoms with Crippen LogP contribution in [0.4, 0.5) is 18.0 Å². The minimum Gasteiger partial charge on any atom is -0.444 e. The summed E-state index contributed by atoms with van der Waals surface area (Å²) in [7, 11) is -4.79. The Bertz CT molecular complexity index is 1540. The van der Waals surface area contributed by atoms with E-state index in [0.717, 1.165) is 32.6 Å². The van der Waals surface area contributed by atoms with Crippen LogP contribution >= 0.6 is 0 Å². The van der Waals surface area contributed by atoms with Crippen LogP contribution < -0.4 is 5.56 Å². The molecule has 2 fully saturated rings. The lowest BCUT2D eigenvalue weighted by molar-refractivity contribution is -0.140. The maximum atomic E-state index is 14.2. The highest BCUT2D eigenvalue weighted by Crippen LogP contribution is 2.39. The second-order valence-electron chi connectivity index (χ2n) is 10.7. The molecule has 0 bridgehead atoms. The lowest BCUT2D eigenvalue weighted by atomic mass is 10.2. The number of nitriles is 1. The first kappa shape index (κ1) is 29.1. The molecule has 4 rings (SSSR count). The third-order valence-corrected chi connectivity index (χ3v) is 8.74. The Morgan fingerprint density at radius 1 is 1.12 bits per heavy atom. The van der Waals surface area contributed by atoms with Gasteiger partial charge in [0.2, 0.25) is 0 Å². The van der Waals surface area contributed by atoms with Crippen molar-refractivity contribution < 1.29 is 35.9 Å². The van der Waals surface area contributed by atoms with Gasteiger partial charge in [-0.3, -0.25) is 19.1 Å². The van der Waals surface area contributed by atoms with E-state index in [1.165, 1.54) is 18.3 Å². The fourth-order valence-electron chi connectivity index (χ4n) is 4.54. The van der Waals surface area contributed by atoms with Gasteiger partial charge < -0.3 is 4.74 Å². The van der Waals surface area contributed by atoms with E-state index in [9.17, 15) is 41.2 Å². The third kappa shape index (κ3) is 5.84. The number of likely N-dealkylation sites (tertiary alicyclic amines) is 1. The number of sulfone groups is 1. The summed E-state index contributed by atoms with van der Waals surface area (Å²) in [5, 5.41) is 7.90. The summed E-state index contributed by atoms with van der Waals surface area (Å²) < 4.78 is 76.2. The van der Waals surface area contributed by atoms with Crippen molar-refractivity contribution >= 4 is 21.8 Å². The molecule has 2 heterocycles. The van der Waals surface area contributed by atoms with E-state index in [1.807, 2.05) is 0 Å². The fourth-order valence-corrected chi connectivity index (χ4v) is 6.43. The van der Waals surface area contributed by atoms with E-state index in [2.05, 4.69) is 0 Å². The molecule has 0 N–H and O–H groups in total. The molecule has 2 atom stereocenters. The summed E-state index contributed by atoms with van der Waals surface area (Å²) in [4.78, 5) is 39.1. The van der Waals surface area contributed by atoms with Crippen LogP contribution in [0, 0.1) is 11.5 Å². The van der Waals surface area contributed by atoms with Crippen molar-refractivity contribution in [3.05, 3.63) is 58.5 Å². The smallest absolute Gasteiger partial charge is 0.417 e. The van der Waals surface area contributed by atoms with Gasteiger partial charge in [-0.05, 0) is 64.3 Å². The van der Waals surface area contributed by atoms with Crippen molar-refractivity contribution in [2.24, 2.45) is 0 Å². The summed E-state index contributed by atoms with van der Waals surface area (Å²) in [5.41, 5.74) is -3.31. The van der Waals surface area contributed by atoms with Crippen LogP contribution in [0.3, 0.4) is 0 Å². The normalized spacial score (nSPS) is 19.7. The molecule has 2 aromatic rings. The van der Waals surface area contributed by atoms with Crippen LogP contribution in [0.25, 0.3) is 5.69 Å². The second kappa shape index (κ2) is 10.3. The zero-order valence-corrected chi connectivity index (χ0v) is 22.7. The number of rotatable bonds is 5. The molecule has 214 valence electrons. The number of carbonyl (C=O) groups excluding carboxylic acids is 2. The van der Waals surface area contributed by atoms with Crippen molar-refractivity contribution in [1.82, 2.24) is 14.4 Å². The van der Waals surface area contributed by atoms with E-state index in [0.29, 0.717) is 18.9 Å². The molecule has 1 aliphatic heterocycles. The zero-order valence-electron chi connectivity index (χ0n) is 21.9. The summed E-state index contributed by atoms with van der Waals surface area (Å²) in [6.07, 6.45) is -2.52. The van der Waals surface area contributed by atoms with Gasteiger partial charge in [0.15, 0.2) is 16.0 Å². The van der Waals surface area contributed by atoms with Crippen molar-refractivity contribution in [3.63, 3.8) is 0 Å². The molecule has 14 heteroatoms. The number of halogens is 3. The number of carbonyl (C=O) groups is 2. The van der Waals surface area contributed by atoms with Gasteiger partial charge in [0.05, 0.1) is 15.7 Å². The number of amides is 2. The molecule has 0 unspecified atom stereocenters. The molecule has 40 heavy (non-hydrogen) atoms. The lowest BCUT2D eigenvalue weighted by Crippen LogP contribution is -2.48. The Balaban J connectivity index is 1.75. The Hall–Kier alpha value is -3.86. The fraction of sp³-hybridized carbons (Fsp3) is 0.462. The van der Waals surface area contributed by atoms with Crippen LogP contribution in [0.1, 0.15) is 45.6 Å². The molecule has 0 spiro atoms. The molecule has 2 amide bonds. The predicted molar refractivity (Wildman–Crippen MR) is 135 cm³/mol. The van der Waals surface area contributed by atoms with Gasteiger partial charge in [-0.1, -0.05) is 6.07 Å². The minimum absolute atomic E-state index is 0.194. The summed E-state index contributed by atoms with van der Waals surface area (Å²) >= 11 is 0. The SMILES string of the molecule is CC(C)(C)OC(=O)N1C[C@H](S(=O)(=O)c2ccc(-n3ccccc3=O)cc2C(F)(F)F)C[C@H]1C(=O)N(C#N)C1CC1. The number of benzene rings is 1. The van der Waals surface area contributed by atoms with Crippen LogP contribution in [-0.2, 0) is 25.5 Å². The lowest BCUT2D eigenvalue weighted by Gasteiger charge is -2.29. The quantitative estimate of drug-likeness (QED) is 0.391. The Kier molecular flexibility index (Phi) is 7.48. The molecule has 1 aromatic carbocycles. The number of ether oxygens (including phenoxy) is 1. The summed E-state index contributed by atoms with van der Waals surface area (Å²) in [5.74, 6) is -0.816. The van der Waals surface area contributed by atoms with Crippen molar-refractivity contribution in [3.8, 4) is 11.9 Å². The van der Waals surface area contributed by atoms with Gasteiger partial charge in [-0.15, -0.1) is 0 Å². The van der Waals surface area contributed by atoms with E-state index >= 15 is 0 Å². The molecular weight excluding hydrogens is 553 g/mol. The van der Waals surface area contributed by atoms with E-state index in [-0.39, 0.29) is 11.7 Å². The second-order valence-corrected chi connectivity index (χ2v) is 12.9. The molecular formula is C26H27F3N4O6S. The first-order valence-corrected chi connectivity index (χ1v) is 13.9. The maximum Gasteiger partial charge on any atom is 0.417 e. The molecule has 10 nitrogen and oxygen atoms in total. The minimum atomic E-state index is -5.11. The highest BCUT2D eigenvalue weighted by atomic mass is 32.2. The number of hydrogen-bond acceptors (Lipinski definition) is 7. The van der Waals surface area contributed by atoms with Crippen LogP contribution in [0.2, 0.25) is 0 Å². The molecule has 2 aliphatic rings. The summed E-state index contributed by atoms with van der Waals surface area (Å²) in [6, 6.07) is 4.61. The number of pyridine rings is 1. The van der Waals surface area contributed by atoms with Crippen LogP contribution in [0.5, 0.6) is 0 Å². The first-order chi connectivity index (χ1) is 18.5. The van der Waals surface area contributed by atoms with Crippen LogP contribution in [-0.4, -0.2) is 64.3 Å². The maximum absolute atomic E-state index is 14.2. The monoisotopic (exact) mass is 580 g/mol. The van der Waals surface area contributed by atoms with Crippen LogP contribution in [0.15, 0.2) is 52.3 Å². The zero-order chi connectivity index (χ0) is 29.6. The topological polar surface area (TPSA) is 130 Å².